The van der Waals surface area contributed by atoms with E-state index in [1.165, 1.54) is 18.3 Å². The molecular formula is C12H12N6O5. The van der Waals surface area contributed by atoms with Crippen molar-refractivity contribution in [1.82, 2.24) is 20.6 Å². The number of hydrogen-bond donors (Lipinski definition) is 5. The molecule has 1 aromatic carbocycles. The quantitative estimate of drug-likeness (QED) is 0.303. The van der Waals surface area contributed by atoms with E-state index < -0.39 is 28.8 Å². The highest BCUT2D eigenvalue weighted by Gasteiger charge is 2.09. The van der Waals surface area contributed by atoms with Gasteiger partial charge in [0.15, 0.2) is 5.69 Å². The van der Waals surface area contributed by atoms with E-state index in [4.69, 9.17) is 5.21 Å². The average molecular weight is 320 g/mol. The Kier molecular flexibility index (Phi) is 5.09. The van der Waals surface area contributed by atoms with Gasteiger partial charge in [0.1, 0.15) is 5.69 Å². The van der Waals surface area contributed by atoms with E-state index in [2.05, 4.69) is 15.6 Å². The Labute approximate surface area is 127 Å². The molecule has 23 heavy (non-hydrogen) atoms. The lowest BCUT2D eigenvalue weighted by Gasteiger charge is -2.13. The van der Waals surface area contributed by atoms with Crippen LogP contribution in [0, 0.1) is 5.21 Å². The predicted molar refractivity (Wildman–Crippen MR) is 77.1 cm³/mol. The number of rotatable bonds is 5. The van der Waals surface area contributed by atoms with Gasteiger partial charge in [-0.2, -0.15) is 15.4 Å². The Morgan fingerprint density at radius 2 is 2.17 bits per heavy atom. The molecule has 1 atom stereocenters. The van der Waals surface area contributed by atoms with Crippen LogP contribution in [0.3, 0.4) is 0 Å². The topological polar surface area (TPSA) is 168 Å². The molecule has 0 saturated heterocycles. The first-order valence-corrected chi connectivity index (χ1v) is 6.29. The standard InChI is InChI=1S/C12H12N6O5/c19-10(5-8-11(20)14-12(21)17-15-8)16-13-6-7-3-1-2-4-9(7)18(22)23/h1-4,6,18,22H,5H2,(H,16,19)(H2,14,17,20,21). The molecule has 5 N–H and O–H groups in total. The van der Waals surface area contributed by atoms with Crippen molar-refractivity contribution in [2.24, 2.45) is 5.10 Å². The minimum Gasteiger partial charge on any atom is -0.595 e. The molecule has 1 heterocycles. The molecule has 2 rings (SSSR count). The van der Waals surface area contributed by atoms with Crippen LogP contribution in [0.5, 0.6) is 0 Å². The normalized spacial score (nSPS) is 12.3. The summed E-state index contributed by atoms with van der Waals surface area (Å²) in [4.78, 5) is 35.7. The van der Waals surface area contributed by atoms with Crippen LogP contribution in [0.2, 0.25) is 0 Å². The molecule has 0 aliphatic heterocycles. The molecular weight excluding hydrogens is 308 g/mol. The van der Waals surface area contributed by atoms with Gasteiger partial charge in [0, 0.05) is 6.07 Å². The highest BCUT2D eigenvalue weighted by Crippen LogP contribution is 2.06. The van der Waals surface area contributed by atoms with Crippen LogP contribution in [0.15, 0.2) is 39.0 Å². The van der Waals surface area contributed by atoms with Crippen LogP contribution >= 0.6 is 0 Å². The lowest BCUT2D eigenvalue weighted by Crippen LogP contribution is -2.99. The van der Waals surface area contributed by atoms with E-state index in [1.54, 1.807) is 12.1 Å². The van der Waals surface area contributed by atoms with Crippen LogP contribution in [0.25, 0.3) is 0 Å². The van der Waals surface area contributed by atoms with Crippen LogP contribution in [0.4, 0.5) is 5.69 Å². The Balaban J connectivity index is 2.02. The molecule has 11 nitrogen and oxygen atoms in total. The van der Waals surface area contributed by atoms with E-state index >= 15 is 0 Å². The van der Waals surface area contributed by atoms with Gasteiger partial charge in [-0.3, -0.25) is 14.6 Å². The molecule has 1 unspecified atom stereocenters. The summed E-state index contributed by atoms with van der Waals surface area (Å²) in [6, 6.07) is 6.11. The maximum Gasteiger partial charge on any atom is 0.342 e. The van der Waals surface area contributed by atoms with Gasteiger partial charge in [-0.15, -0.1) is 0 Å². The molecule has 11 heteroatoms. The van der Waals surface area contributed by atoms with Crippen molar-refractivity contribution < 1.29 is 15.2 Å². The van der Waals surface area contributed by atoms with Gasteiger partial charge in [-0.05, 0) is 6.07 Å². The van der Waals surface area contributed by atoms with Gasteiger partial charge in [-0.1, -0.05) is 12.1 Å². The fourth-order valence-electron chi connectivity index (χ4n) is 1.66. The van der Waals surface area contributed by atoms with Gasteiger partial charge in [0.2, 0.25) is 5.91 Å². The lowest BCUT2D eigenvalue weighted by atomic mass is 10.2. The third-order valence-corrected chi connectivity index (χ3v) is 2.69. The second-order valence-corrected chi connectivity index (χ2v) is 4.32. The molecule has 120 valence electrons. The highest BCUT2D eigenvalue weighted by molar-refractivity contribution is 5.86. The Morgan fingerprint density at radius 3 is 2.87 bits per heavy atom. The van der Waals surface area contributed by atoms with Crippen LogP contribution in [-0.2, 0) is 11.2 Å². The smallest absolute Gasteiger partial charge is 0.342 e. The van der Waals surface area contributed by atoms with Gasteiger partial charge in [0.05, 0.1) is 18.2 Å². The van der Waals surface area contributed by atoms with Crippen molar-refractivity contribution >= 4 is 17.8 Å². The van der Waals surface area contributed by atoms with E-state index in [9.17, 15) is 19.6 Å². The van der Waals surface area contributed by atoms with E-state index in [-0.39, 0.29) is 11.4 Å². The Bertz CT molecular complexity index is 840. The fourth-order valence-corrected chi connectivity index (χ4v) is 1.66. The first kappa shape index (κ1) is 16.2. The molecule has 0 radical (unpaired) electrons. The SMILES string of the molecule is O=C(Cc1n[nH]c(=O)[nH]c1=O)NN=Cc1ccccc1[NH+]([O-])O. The van der Waals surface area contributed by atoms with Gasteiger partial charge in [0.25, 0.3) is 5.56 Å². The summed E-state index contributed by atoms with van der Waals surface area (Å²) < 4.78 is 0. The van der Waals surface area contributed by atoms with Crippen molar-refractivity contribution in [3.05, 3.63) is 61.6 Å². The maximum atomic E-state index is 11.6. The minimum absolute atomic E-state index is 0.0317. The number of para-hydroxylation sites is 1. The number of H-pyrrole nitrogens is 2. The summed E-state index contributed by atoms with van der Waals surface area (Å²) in [6.07, 6.45) is 0.774. The van der Waals surface area contributed by atoms with Crippen molar-refractivity contribution in [3.8, 4) is 0 Å². The third-order valence-electron chi connectivity index (χ3n) is 2.69. The number of aromatic amines is 2. The molecule has 2 aromatic rings. The number of nitrogens with zero attached hydrogens (tertiary/aromatic N) is 2. The second-order valence-electron chi connectivity index (χ2n) is 4.32. The monoisotopic (exact) mass is 320 g/mol. The number of nitrogens with one attached hydrogen (secondary N) is 4. The van der Waals surface area contributed by atoms with Crippen molar-refractivity contribution in [1.29, 1.82) is 0 Å². The van der Waals surface area contributed by atoms with E-state index in [1.807, 2.05) is 10.1 Å². The zero-order valence-corrected chi connectivity index (χ0v) is 11.6. The number of aromatic nitrogens is 3. The van der Waals surface area contributed by atoms with E-state index in [0.717, 1.165) is 0 Å². The zero-order chi connectivity index (χ0) is 16.8. The van der Waals surface area contributed by atoms with Gasteiger partial charge in [-0.25, -0.2) is 20.5 Å². The van der Waals surface area contributed by atoms with Crippen molar-refractivity contribution in [2.75, 3.05) is 0 Å². The maximum absolute atomic E-state index is 11.6. The van der Waals surface area contributed by atoms with Gasteiger partial charge >= 0.3 is 5.69 Å². The van der Waals surface area contributed by atoms with Crippen molar-refractivity contribution in [3.63, 3.8) is 0 Å². The second kappa shape index (κ2) is 7.22. The van der Waals surface area contributed by atoms with Crippen LogP contribution in [-0.4, -0.2) is 32.5 Å². The first-order chi connectivity index (χ1) is 11.0. The molecule has 0 spiro atoms. The summed E-state index contributed by atoms with van der Waals surface area (Å²) in [5.41, 5.74) is 0.751. The molecule has 0 fully saturated rings. The summed E-state index contributed by atoms with van der Waals surface area (Å²) in [5.74, 6) is -0.654. The summed E-state index contributed by atoms with van der Waals surface area (Å²) in [5, 5.41) is 28.0. The summed E-state index contributed by atoms with van der Waals surface area (Å²) >= 11 is 0. The first-order valence-electron chi connectivity index (χ1n) is 6.29. The molecule has 0 aliphatic rings. The van der Waals surface area contributed by atoms with Crippen LogP contribution in [0.1, 0.15) is 11.3 Å². The predicted octanol–water partition coefficient (Wildman–Crippen LogP) is -2.45. The van der Waals surface area contributed by atoms with Crippen LogP contribution < -0.4 is 21.9 Å². The average Bonchev–Trinajstić information content (AvgIpc) is 2.50. The molecule has 0 aliphatic carbocycles. The summed E-state index contributed by atoms with van der Waals surface area (Å²) in [6.45, 7) is 0. The minimum atomic E-state index is -1.12. The number of hydrazone groups is 1. The number of amides is 1. The Hall–Kier alpha value is -3.15. The highest BCUT2D eigenvalue weighted by atomic mass is 16.8. The number of quaternary nitrogens is 1. The van der Waals surface area contributed by atoms with Gasteiger partial charge < -0.3 is 5.21 Å². The lowest BCUT2D eigenvalue weighted by molar-refractivity contribution is -0.991. The summed E-state index contributed by atoms with van der Waals surface area (Å²) in [7, 11) is 0. The number of hydrogen-bond acceptors (Lipinski definition) is 7. The largest absolute Gasteiger partial charge is 0.595 e. The zero-order valence-electron chi connectivity index (χ0n) is 11.6. The number of benzene rings is 1. The number of carbonyl (C=O) groups excluding carboxylic acids is 1. The van der Waals surface area contributed by atoms with Crippen molar-refractivity contribution in [2.45, 2.75) is 6.42 Å². The molecule has 1 amide bonds. The Morgan fingerprint density at radius 1 is 1.43 bits per heavy atom. The molecule has 0 saturated carbocycles. The van der Waals surface area contributed by atoms with E-state index in [0.29, 0.717) is 5.56 Å². The molecule has 0 bridgehead atoms. The number of carbonyl (C=O) groups is 1. The third kappa shape index (κ3) is 4.41. The molecule has 1 aromatic heterocycles. The fraction of sp³-hybridized carbons (Fsp3) is 0.0833.